The van der Waals surface area contributed by atoms with Crippen LogP contribution in [0.3, 0.4) is 0 Å². The second-order valence-electron chi connectivity index (χ2n) is 7.03. The number of ether oxygens (including phenoxy) is 2. The van der Waals surface area contributed by atoms with Crippen molar-refractivity contribution in [2.45, 2.75) is 71.3 Å². The van der Waals surface area contributed by atoms with Crippen LogP contribution in [-0.2, 0) is 19.1 Å². The summed E-state index contributed by atoms with van der Waals surface area (Å²) >= 11 is 0. The molecule has 22 heavy (non-hydrogen) atoms. The highest BCUT2D eigenvalue weighted by Crippen LogP contribution is 2.26. The summed E-state index contributed by atoms with van der Waals surface area (Å²) in [7, 11) is 0. The van der Waals surface area contributed by atoms with Crippen LogP contribution in [0.4, 0.5) is 0 Å². The molecule has 0 unspecified atom stereocenters. The van der Waals surface area contributed by atoms with Gasteiger partial charge in [-0.1, -0.05) is 32.1 Å². The van der Waals surface area contributed by atoms with Crippen LogP contribution < -0.4 is 5.32 Å². The van der Waals surface area contributed by atoms with E-state index in [0.29, 0.717) is 13.2 Å². The molecule has 0 radical (unpaired) electrons. The van der Waals surface area contributed by atoms with E-state index in [1.54, 1.807) is 0 Å². The number of nitrogens with one attached hydrogen (secondary N) is 1. The zero-order valence-electron chi connectivity index (χ0n) is 14.3. The fourth-order valence-corrected chi connectivity index (χ4v) is 2.65. The lowest BCUT2D eigenvalue weighted by atomic mass is 9.87. The molecule has 0 aliphatic heterocycles. The number of esters is 2. The van der Waals surface area contributed by atoms with Gasteiger partial charge in [0.2, 0.25) is 0 Å². The molecule has 128 valence electrons. The zero-order chi connectivity index (χ0) is 16.4. The number of rotatable bonds is 8. The van der Waals surface area contributed by atoms with E-state index < -0.39 is 5.60 Å². The van der Waals surface area contributed by atoms with Crippen LogP contribution in [0.1, 0.15) is 65.7 Å². The summed E-state index contributed by atoms with van der Waals surface area (Å²) in [4.78, 5) is 23.0. The quantitative estimate of drug-likeness (QED) is 0.551. The largest absolute Gasteiger partial charge is 0.466 e. The Morgan fingerprint density at radius 2 is 1.77 bits per heavy atom. The zero-order valence-corrected chi connectivity index (χ0v) is 14.3. The van der Waals surface area contributed by atoms with Crippen molar-refractivity contribution in [2.24, 2.45) is 5.92 Å². The van der Waals surface area contributed by atoms with E-state index in [-0.39, 0.29) is 24.9 Å². The van der Waals surface area contributed by atoms with E-state index in [1.807, 2.05) is 20.8 Å². The van der Waals surface area contributed by atoms with Crippen molar-refractivity contribution in [3.8, 4) is 0 Å². The molecule has 0 aromatic rings. The van der Waals surface area contributed by atoms with Crippen LogP contribution in [0.2, 0.25) is 0 Å². The van der Waals surface area contributed by atoms with E-state index in [4.69, 9.17) is 9.47 Å². The predicted octanol–water partition coefficient (Wildman–Crippen LogP) is 2.82. The van der Waals surface area contributed by atoms with Gasteiger partial charge >= 0.3 is 11.9 Å². The first-order chi connectivity index (χ1) is 10.4. The standard InChI is InChI=1S/C17H31NO4/c1-17(2,3)22-16(20)13-18-11-9-15(19)21-12-10-14-7-5-4-6-8-14/h14,18H,4-13H2,1-3H3. The third kappa shape index (κ3) is 9.77. The van der Waals surface area contributed by atoms with E-state index in [9.17, 15) is 9.59 Å². The molecule has 0 aromatic heterocycles. The Balaban J connectivity index is 1.98. The van der Waals surface area contributed by atoms with Crippen LogP contribution in [-0.4, -0.2) is 37.2 Å². The third-order valence-corrected chi connectivity index (χ3v) is 3.71. The minimum atomic E-state index is -0.475. The summed E-state index contributed by atoms with van der Waals surface area (Å²) in [5.74, 6) is 0.220. The van der Waals surface area contributed by atoms with Gasteiger partial charge in [-0.25, -0.2) is 0 Å². The average Bonchev–Trinajstić information content (AvgIpc) is 2.43. The molecule has 0 saturated heterocycles. The monoisotopic (exact) mass is 313 g/mol. The van der Waals surface area contributed by atoms with Crippen molar-refractivity contribution >= 4 is 11.9 Å². The molecule has 0 bridgehead atoms. The highest BCUT2D eigenvalue weighted by Gasteiger charge is 2.16. The van der Waals surface area contributed by atoms with E-state index in [1.165, 1.54) is 32.1 Å². The van der Waals surface area contributed by atoms with E-state index >= 15 is 0 Å². The third-order valence-electron chi connectivity index (χ3n) is 3.71. The Labute approximate surface area is 134 Å². The Morgan fingerprint density at radius 1 is 1.09 bits per heavy atom. The highest BCUT2D eigenvalue weighted by atomic mass is 16.6. The molecule has 0 amide bonds. The maximum atomic E-state index is 11.6. The molecule has 1 fully saturated rings. The number of hydrogen-bond donors (Lipinski definition) is 1. The molecular weight excluding hydrogens is 282 g/mol. The normalized spacial score (nSPS) is 16.3. The van der Waals surface area contributed by atoms with Gasteiger partial charge in [0, 0.05) is 6.54 Å². The Hall–Kier alpha value is -1.10. The first-order valence-electron chi connectivity index (χ1n) is 8.45. The van der Waals surface area contributed by atoms with E-state index in [2.05, 4.69) is 5.32 Å². The number of hydrogen-bond acceptors (Lipinski definition) is 5. The lowest BCUT2D eigenvalue weighted by molar-refractivity contribution is -0.154. The maximum absolute atomic E-state index is 11.6. The Kier molecular flexibility index (Phi) is 8.46. The van der Waals surface area contributed by atoms with Gasteiger partial charge < -0.3 is 14.8 Å². The minimum absolute atomic E-state index is 0.118. The predicted molar refractivity (Wildman–Crippen MR) is 85.5 cm³/mol. The van der Waals surface area contributed by atoms with Gasteiger partial charge in [-0.15, -0.1) is 0 Å². The van der Waals surface area contributed by atoms with Crippen LogP contribution in [0.15, 0.2) is 0 Å². The maximum Gasteiger partial charge on any atom is 0.320 e. The molecule has 1 aliphatic carbocycles. The van der Waals surface area contributed by atoms with Crippen molar-refractivity contribution in [3.05, 3.63) is 0 Å². The molecule has 0 heterocycles. The molecule has 0 aromatic carbocycles. The first kappa shape index (κ1) is 18.9. The Bertz CT molecular complexity index is 343. The van der Waals surface area contributed by atoms with Crippen LogP contribution in [0.25, 0.3) is 0 Å². The van der Waals surface area contributed by atoms with E-state index in [0.717, 1.165) is 12.3 Å². The number of carbonyl (C=O) groups is 2. The molecule has 5 nitrogen and oxygen atoms in total. The molecule has 1 aliphatic rings. The van der Waals surface area contributed by atoms with Gasteiger partial charge in [0.25, 0.3) is 0 Å². The lowest BCUT2D eigenvalue weighted by Crippen LogP contribution is -2.32. The SMILES string of the molecule is CC(C)(C)OC(=O)CNCCC(=O)OCCC1CCCCC1. The van der Waals surface area contributed by atoms with Crippen LogP contribution in [0, 0.1) is 5.92 Å². The lowest BCUT2D eigenvalue weighted by Gasteiger charge is -2.21. The first-order valence-corrected chi connectivity index (χ1v) is 8.45. The highest BCUT2D eigenvalue weighted by molar-refractivity contribution is 5.72. The summed E-state index contributed by atoms with van der Waals surface area (Å²) in [6, 6.07) is 0. The number of carbonyl (C=O) groups excluding carboxylic acids is 2. The summed E-state index contributed by atoms with van der Waals surface area (Å²) in [5, 5.41) is 2.90. The molecule has 0 spiro atoms. The summed E-state index contributed by atoms with van der Waals surface area (Å²) in [5.41, 5.74) is -0.475. The van der Waals surface area contributed by atoms with Crippen molar-refractivity contribution in [3.63, 3.8) is 0 Å². The summed E-state index contributed by atoms with van der Waals surface area (Å²) in [6.07, 6.45) is 7.79. The smallest absolute Gasteiger partial charge is 0.320 e. The second kappa shape index (κ2) is 9.82. The van der Waals surface area contributed by atoms with Gasteiger partial charge in [0.15, 0.2) is 0 Å². The fraction of sp³-hybridized carbons (Fsp3) is 0.882. The molecule has 1 saturated carbocycles. The minimum Gasteiger partial charge on any atom is -0.466 e. The van der Waals surface area contributed by atoms with Gasteiger partial charge in [-0.3, -0.25) is 9.59 Å². The van der Waals surface area contributed by atoms with Crippen LogP contribution in [0.5, 0.6) is 0 Å². The van der Waals surface area contributed by atoms with Gasteiger partial charge in [0.05, 0.1) is 19.6 Å². The topological polar surface area (TPSA) is 64.6 Å². The van der Waals surface area contributed by atoms with Crippen LogP contribution >= 0.6 is 0 Å². The second-order valence-corrected chi connectivity index (χ2v) is 7.03. The van der Waals surface area contributed by atoms with Crippen molar-refractivity contribution in [1.82, 2.24) is 5.32 Å². The summed E-state index contributed by atoms with van der Waals surface area (Å²) in [6.45, 7) is 6.56. The molecular formula is C17H31NO4. The fourth-order valence-electron chi connectivity index (χ4n) is 2.65. The molecule has 0 atom stereocenters. The average molecular weight is 313 g/mol. The van der Waals surface area contributed by atoms with Crippen molar-refractivity contribution in [2.75, 3.05) is 19.7 Å². The van der Waals surface area contributed by atoms with Crippen molar-refractivity contribution < 1.29 is 19.1 Å². The van der Waals surface area contributed by atoms with Gasteiger partial charge in [-0.05, 0) is 33.1 Å². The summed E-state index contributed by atoms with van der Waals surface area (Å²) < 4.78 is 10.4. The van der Waals surface area contributed by atoms with Gasteiger partial charge in [-0.2, -0.15) is 0 Å². The Morgan fingerprint density at radius 3 is 2.41 bits per heavy atom. The molecule has 1 rings (SSSR count). The molecule has 1 N–H and O–H groups in total. The molecule has 5 heteroatoms. The van der Waals surface area contributed by atoms with Gasteiger partial charge in [0.1, 0.15) is 5.60 Å². The van der Waals surface area contributed by atoms with Crippen molar-refractivity contribution in [1.29, 1.82) is 0 Å².